The van der Waals surface area contributed by atoms with Crippen molar-refractivity contribution in [1.82, 2.24) is 5.32 Å². The molecule has 1 atom stereocenters. The number of esters is 1. The van der Waals surface area contributed by atoms with Crippen molar-refractivity contribution >= 4 is 17.3 Å². The molecule has 0 amide bonds. The van der Waals surface area contributed by atoms with Crippen LogP contribution in [0.5, 0.6) is 0 Å². The Hall–Kier alpha value is -0.910. The molecule has 2 rings (SSSR count). The summed E-state index contributed by atoms with van der Waals surface area (Å²) in [4.78, 5) is 13.5. The third-order valence-electron chi connectivity index (χ3n) is 3.53. The second-order valence-electron chi connectivity index (χ2n) is 5.80. The number of nitrogens with one attached hydrogen (secondary N) is 1. The summed E-state index contributed by atoms with van der Waals surface area (Å²) in [5.41, 5.74) is -0.0264. The normalized spacial score (nSPS) is 21.6. The maximum absolute atomic E-state index is 11.2. The molecule has 0 radical (unpaired) electrons. The molecule has 1 N–H and O–H groups in total. The third kappa shape index (κ3) is 4.58. The fourth-order valence-electron chi connectivity index (χ4n) is 2.48. The largest absolute Gasteiger partial charge is 0.469 e. The zero-order valence-electron chi connectivity index (χ0n) is 12.4. The predicted molar refractivity (Wildman–Crippen MR) is 79.9 cm³/mol. The minimum absolute atomic E-state index is 0.0264. The fourth-order valence-corrected chi connectivity index (χ4v) is 3.43. The van der Waals surface area contributed by atoms with Crippen LogP contribution in [0.25, 0.3) is 0 Å². The molecule has 0 aliphatic carbocycles. The number of carbonyl (C=O) groups is 1. The molecule has 112 valence electrons. The Balaban J connectivity index is 1.81. The summed E-state index contributed by atoms with van der Waals surface area (Å²) >= 11 is 1.67. The van der Waals surface area contributed by atoms with E-state index in [0.29, 0.717) is 12.5 Å². The monoisotopic (exact) mass is 297 g/mol. The Morgan fingerprint density at radius 1 is 1.50 bits per heavy atom. The van der Waals surface area contributed by atoms with Crippen LogP contribution in [0.4, 0.5) is 0 Å². The first-order valence-corrected chi connectivity index (χ1v) is 7.82. The molecular weight excluding hydrogens is 274 g/mol. The van der Waals surface area contributed by atoms with Crippen molar-refractivity contribution in [1.29, 1.82) is 0 Å². The highest BCUT2D eigenvalue weighted by Crippen LogP contribution is 2.24. The molecule has 5 heteroatoms. The van der Waals surface area contributed by atoms with E-state index in [2.05, 4.69) is 30.0 Å². The van der Waals surface area contributed by atoms with Gasteiger partial charge in [0.15, 0.2) is 0 Å². The second kappa shape index (κ2) is 6.70. The van der Waals surface area contributed by atoms with Gasteiger partial charge < -0.3 is 14.8 Å². The summed E-state index contributed by atoms with van der Waals surface area (Å²) in [5.74, 6) is -0.183. The summed E-state index contributed by atoms with van der Waals surface area (Å²) < 4.78 is 10.4. The lowest BCUT2D eigenvalue weighted by Gasteiger charge is -2.35. The second-order valence-corrected chi connectivity index (χ2v) is 7.05. The molecular formula is C15H23NO3S. The molecule has 0 spiro atoms. The van der Waals surface area contributed by atoms with Gasteiger partial charge in [-0.05, 0) is 38.8 Å². The number of thiophene rings is 1. The highest BCUT2D eigenvalue weighted by molar-refractivity contribution is 7.12. The van der Waals surface area contributed by atoms with Gasteiger partial charge in [0.2, 0.25) is 0 Å². The van der Waals surface area contributed by atoms with Crippen LogP contribution in [0.2, 0.25) is 0 Å². The number of hydrogen-bond acceptors (Lipinski definition) is 5. The molecule has 1 aliphatic rings. The zero-order valence-corrected chi connectivity index (χ0v) is 13.2. The van der Waals surface area contributed by atoms with Crippen molar-refractivity contribution < 1.29 is 14.3 Å². The molecule has 2 heterocycles. The summed E-state index contributed by atoms with van der Waals surface area (Å²) in [6, 6.07) is 4.59. The number of rotatable bonds is 5. The van der Waals surface area contributed by atoms with E-state index in [1.165, 1.54) is 12.0 Å². The lowest BCUT2D eigenvalue weighted by molar-refractivity contribution is -0.139. The van der Waals surface area contributed by atoms with E-state index >= 15 is 0 Å². The molecule has 1 aliphatic heterocycles. The van der Waals surface area contributed by atoms with Crippen LogP contribution in [0.1, 0.15) is 36.4 Å². The summed E-state index contributed by atoms with van der Waals surface area (Å²) in [6.45, 7) is 5.95. The standard InChI is InChI=1S/C15H23NO3S/c1-15(2)9-11(6-7-19-15)16-10-13-5-4-12(20-13)8-14(17)18-3/h4-5,11,16H,6-10H2,1-3H3. The van der Waals surface area contributed by atoms with Crippen LogP contribution >= 0.6 is 11.3 Å². The molecule has 0 bridgehead atoms. The van der Waals surface area contributed by atoms with E-state index in [9.17, 15) is 4.79 Å². The first-order valence-electron chi connectivity index (χ1n) is 7.00. The van der Waals surface area contributed by atoms with Gasteiger partial charge in [0.25, 0.3) is 0 Å². The molecule has 1 aromatic rings. The summed E-state index contributed by atoms with van der Waals surface area (Å²) in [6.07, 6.45) is 2.46. The fraction of sp³-hybridized carbons (Fsp3) is 0.667. The highest BCUT2D eigenvalue weighted by Gasteiger charge is 2.28. The molecule has 0 aromatic carbocycles. The lowest BCUT2D eigenvalue weighted by Crippen LogP contribution is -2.43. The SMILES string of the molecule is COC(=O)Cc1ccc(CNC2CCOC(C)(C)C2)s1. The summed E-state index contributed by atoms with van der Waals surface area (Å²) in [5, 5.41) is 3.59. The molecule has 1 unspecified atom stereocenters. The van der Waals surface area contributed by atoms with E-state index in [1.807, 2.05) is 6.07 Å². The van der Waals surface area contributed by atoms with Crippen molar-refractivity contribution in [3.8, 4) is 0 Å². The Bertz CT molecular complexity index is 456. The van der Waals surface area contributed by atoms with E-state index in [1.54, 1.807) is 11.3 Å². The molecule has 0 saturated carbocycles. The number of ether oxygens (including phenoxy) is 2. The van der Waals surface area contributed by atoms with Gasteiger partial charge in [-0.2, -0.15) is 0 Å². The van der Waals surface area contributed by atoms with Gasteiger partial charge >= 0.3 is 5.97 Å². The first-order chi connectivity index (χ1) is 9.48. The van der Waals surface area contributed by atoms with E-state index in [4.69, 9.17) is 4.74 Å². The smallest absolute Gasteiger partial charge is 0.310 e. The highest BCUT2D eigenvalue weighted by atomic mass is 32.1. The average Bonchev–Trinajstić information content (AvgIpc) is 2.83. The number of carbonyl (C=O) groups excluding carboxylic acids is 1. The van der Waals surface area contributed by atoms with E-state index < -0.39 is 0 Å². The first kappa shape index (κ1) is 15.5. The van der Waals surface area contributed by atoms with Gasteiger partial charge in [0.1, 0.15) is 0 Å². The van der Waals surface area contributed by atoms with Crippen LogP contribution in [-0.2, 0) is 27.2 Å². The van der Waals surface area contributed by atoms with Crippen LogP contribution in [-0.4, -0.2) is 31.3 Å². The van der Waals surface area contributed by atoms with Gasteiger partial charge in [-0.1, -0.05) is 0 Å². The van der Waals surface area contributed by atoms with E-state index in [0.717, 1.165) is 30.9 Å². The lowest BCUT2D eigenvalue weighted by atomic mass is 9.94. The van der Waals surface area contributed by atoms with Crippen LogP contribution in [0, 0.1) is 0 Å². The van der Waals surface area contributed by atoms with Gasteiger partial charge in [0.05, 0.1) is 19.1 Å². The number of methoxy groups -OCH3 is 1. The molecule has 1 fully saturated rings. The van der Waals surface area contributed by atoms with Crippen LogP contribution in [0.15, 0.2) is 12.1 Å². The Kier molecular flexibility index (Phi) is 5.18. The van der Waals surface area contributed by atoms with Crippen molar-refractivity contribution in [3.05, 3.63) is 21.9 Å². The van der Waals surface area contributed by atoms with Crippen molar-refractivity contribution in [2.45, 2.75) is 51.3 Å². The molecule has 4 nitrogen and oxygen atoms in total. The summed E-state index contributed by atoms with van der Waals surface area (Å²) in [7, 11) is 1.42. The Morgan fingerprint density at radius 2 is 2.25 bits per heavy atom. The molecule has 1 aromatic heterocycles. The van der Waals surface area contributed by atoms with Gasteiger partial charge in [-0.15, -0.1) is 11.3 Å². The van der Waals surface area contributed by atoms with Gasteiger partial charge in [0, 0.05) is 28.9 Å². The topological polar surface area (TPSA) is 47.6 Å². The van der Waals surface area contributed by atoms with E-state index in [-0.39, 0.29) is 11.6 Å². The maximum atomic E-state index is 11.2. The Labute approximate surface area is 124 Å². The molecule has 20 heavy (non-hydrogen) atoms. The minimum Gasteiger partial charge on any atom is -0.469 e. The minimum atomic E-state index is -0.183. The average molecular weight is 297 g/mol. The van der Waals surface area contributed by atoms with Crippen molar-refractivity contribution in [2.24, 2.45) is 0 Å². The third-order valence-corrected chi connectivity index (χ3v) is 4.61. The molecule has 1 saturated heterocycles. The Morgan fingerprint density at radius 3 is 2.95 bits per heavy atom. The van der Waals surface area contributed by atoms with Crippen LogP contribution < -0.4 is 5.32 Å². The van der Waals surface area contributed by atoms with Gasteiger partial charge in [-0.3, -0.25) is 4.79 Å². The quantitative estimate of drug-likeness (QED) is 0.848. The number of hydrogen-bond donors (Lipinski definition) is 1. The zero-order chi connectivity index (χ0) is 14.6. The van der Waals surface area contributed by atoms with Gasteiger partial charge in [-0.25, -0.2) is 0 Å². The predicted octanol–water partition coefficient (Wildman–Crippen LogP) is 2.51. The maximum Gasteiger partial charge on any atom is 0.310 e. The van der Waals surface area contributed by atoms with Crippen LogP contribution in [0.3, 0.4) is 0 Å². The van der Waals surface area contributed by atoms with Crippen molar-refractivity contribution in [3.63, 3.8) is 0 Å². The van der Waals surface area contributed by atoms with Crippen molar-refractivity contribution in [2.75, 3.05) is 13.7 Å².